The summed E-state index contributed by atoms with van der Waals surface area (Å²) in [5.41, 5.74) is 1.82. The van der Waals surface area contributed by atoms with E-state index in [4.69, 9.17) is 0 Å². The van der Waals surface area contributed by atoms with Crippen molar-refractivity contribution < 1.29 is 9.18 Å². The molecule has 0 unspecified atom stereocenters. The van der Waals surface area contributed by atoms with Gasteiger partial charge in [-0.05, 0) is 40.4 Å². The van der Waals surface area contributed by atoms with Gasteiger partial charge in [-0.1, -0.05) is 64.6 Å². The number of anilines is 1. The van der Waals surface area contributed by atoms with Crippen LogP contribution >= 0.6 is 27.7 Å². The predicted octanol–water partition coefficient (Wildman–Crippen LogP) is 5.21. The summed E-state index contributed by atoms with van der Waals surface area (Å²) in [6.45, 7) is 3.80. The van der Waals surface area contributed by atoms with Crippen LogP contribution in [0.4, 0.5) is 10.1 Å². The fourth-order valence-electron chi connectivity index (χ4n) is 2.26. The van der Waals surface area contributed by atoms with Crippen LogP contribution in [0.25, 0.3) is 6.08 Å². The average molecular weight is 417 g/mol. The number of carbonyl (C=O) groups excluding carboxylic acids is 1. The third-order valence-electron chi connectivity index (χ3n) is 3.38. The van der Waals surface area contributed by atoms with E-state index < -0.39 is 0 Å². The highest BCUT2D eigenvalue weighted by Gasteiger charge is 2.31. The van der Waals surface area contributed by atoms with Gasteiger partial charge in [0.2, 0.25) is 0 Å². The van der Waals surface area contributed by atoms with Crippen molar-refractivity contribution in [1.29, 1.82) is 0 Å². The molecular weight excluding hydrogens is 403 g/mol. The van der Waals surface area contributed by atoms with Gasteiger partial charge in [0.25, 0.3) is 5.91 Å². The number of aliphatic imine (C=N–C) groups is 1. The largest absolute Gasteiger partial charge is 0.283 e. The Balaban J connectivity index is 1.97. The summed E-state index contributed by atoms with van der Waals surface area (Å²) in [7, 11) is 0. The quantitative estimate of drug-likeness (QED) is 0.640. The van der Waals surface area contributed by atoms with E-state index in [9.17, 15) is 9.18 Å². The monoisotopic (exact) mass is 416 g/mol. The van der Waals surface area contributed by atoms with Crippen LogP contribution in [0.2, 0.25) is 0 Å². The minimum Gasteiger partial charge on any atom is -0.266 e. The number of halogens is 2. The number of benzene rings is 2. The Labute approximate surface area is 158 Å². The second-order valence-corrected chi connectivity index (χ2v) is 7.32. The lowest BCUT2D eigenvalue weighted by Crippen LogP contribution is -2.30. The Morgan fingerprint density at radius 1 is 1.20 bits per heavy atom. The molecule has 1 amide bonds. The zero-order valence-electron chi connectivity index (χ0n) is 13.2. The molecule has 3 nitrogen and oxygen atoms in total. The zero-order valence-corrected chi connectivity index (χ0v) is 15.6. The normalized spacial score (nSPS) is 15.6. The van der Waals surface area contributed by atoms with E-state index in [1.54, 1.807) is 18.2 Å². The van der Waals surface area contributed by atoms with Gasteiger partial charge in [-0.2, -0.15) is 0 Å². The average Bonchev–Trinajstić information content (AvgIpc) is 2.91. The van der Waals surface area contributed by atoms with Gasteiger partial charge in [-0.25, -0.2) is 9.38 Å². The summed E-state index contributed by atoms with van der Waals surface area (Å²) < 4.78 is 14.0. The number of rotatable bonds is 4. The molecule has 2 aromatic carbocycles. The number of thioether (sulfide) groups is 1. The van der Waals surface area contributed by atoms with Gasteiger partial charge in [-0.15, -0.1) is 0 Å². The highest BCUT2D eigenvalue weighted by molar-refractivity contribution is 9.11. The summed E-state index contributed by atoms with van der Waals surface area (Å²) in [5.74, 6) is -0.0174. The van der Waals surface area contributed by atoms with E-state index in [0.717, 1.165) is 10.0 Å². The molecule has 1 heterocycles. The van der Waals surface area contributed by atoms with Gasteiger partial charge in [0.15, 0.2) is 5.17 Å². The minimum atomic E-state index is -0.351. The third kappa shape index (κ3) is 4.27. The van der Waals surface area contributed by atoms with Crippen LogP contribution in [-0.2, 0) is 4.79 Å². The van der Waals surface area contributed by atoms with E-state index >= 15 is 0 Å². The summed E-state index contributed by atoms with van der Waals surface area (Å²) in [6.07, 6.45) is 1.75. The molecule has 0 aromatic heterocycles. The molecule has 0 atom stereocenters. The number of amidine groups is 1. The molecule has 2 aromatic rings. The first-order valence-electron chi connectivity index (χ1n) is 7.46. The van der Waals surface area contributed by atoms with Crippen LogP contribution in [0.15, 0.2) is 76.3 Å². The Hall–Kier alpha value is -2.18. The summed E-state index contributed by atoms with van der Waals surface area (Å²) >= 11 is 4.70. The van der Waals surface area contributed by atoms with Crippen molar-refractivity contribution >= 4 is 50.5 Å². The number of carbonyl (C=O) groups is 1. The molecule has 3 rings (SSSR count). The van der Waals surface area contributed by atoms with Crippen molar-refractivity contribution in [3.05, 3.63) is 82.7 Å². The Kier molecular flexibility index (Phi) is 5.50. The van der Waals surface area contributed by atoms with Crippen molar-refractivity contribution in [2.75, 3.05) is 10.7 Å². The molecule has 25 heavy (non-hydrogen) atoms. The van der Waals surface area contributed by atoms with Gasteiger partial charge in [0.05, 0.1) is 5.69 Å². The van der Waals surface area contributed by atoms with Crippen LogP contribution in [0, 0.1) is 5.82 Å². The Morgan fingerprint density at radius 2 is 1.88 bits per heavy atom. The van der Waals surface area contributed by atoms with Gasteiger partial charge in [0.1, 0.15) is 11.5 Å². The second-order valence-electron chi connectivity index (χ2n) is 5.26. The van der Waals surface area contributed by atoms with Crippen molar-refractivity contribution in [1.82, 2.24) is 0 Å². The smallest absolute Gasteiger partial charge is 0.266 e. The van der Waals surface area contributed by atoms with Crippen LogP contribution in [-0.4, -0.2) is 16.8 Å². The number of nitrogens with zero attached hydrogens (tertiary/aromatic N) is 2. The van der Waals surface area contributed by atoms with Gasteiger partial charge >= 0.3 is 0 Å². The standard InChI is InChI=1S/C19H14BrFN2OS/c1-13(20)12-25-19-22-17(11-14-5-3-2-4-6-14)18(24)23(19)16-9-7-15(21)8-10-16/h2-11H,1,12H2/b17-11+. The van der Waals surface area contributed by atoms with Crippen LogP contribution in [0.5, 0.6) is 0 Å². The molecule has 1 aliphatic rings. The van der Waals surface area contributed by atoms with Gasteiger partial charge in [0, 0.05) is 5.75 Å². The maximum absolute atomic E-state index is 13.2. The number of hydrogen-bond donors (Lipinski definition) is 0. The maximum Gasteiger partial charge on any atom is 0.283 e. The molecule has 0 N–H and O–H groups in total. The summed E-state index contributed by atoms with van der Waals surface area (Å²) in [6, 6.07) is 15.3. The zero-order chi connectivity index (χ0) is 17.8. The highest BCUT2D eigenvalue weighted by atomic mass is 79.9. The molecule has 6 heteroatoms. The highest BCUT2D eigenvalue weighted by Crippen LogP contribution is 2.30. The lowest BCUT2D eigenvalue weighted by Gasteiger charge is -2.17. The van der Waals surface area contributed by atoms with Gasteiger partial charge in [-0.3, -0.25) is 9.69 Å². The summed E-state index contributed by atoms with van der Waals surface area (Å²) in [4.78, 5) is 18.8. The van der Waals surface area contributed by atoms with E-state index in [1.807, 2.05) is 30.3 Å². The molecule has 1 aliphatic heterocycles. The molecule has 0 saturated heterocycles. The van der Waals surface area contributed by atoms with E-state index in [0.29, 0.717) is 22.3 Å². The SMILES string of the molecule is C=C(Br)CSC1=N/C(=C/c2ccccc2)C(=O)N1c1ccc(F)cc1. The maximum atomic E-state index is 13.2. The van der Waals surface area contributed by atoms with E-state index in [1.165, 1.54) is 28.8 Å². The van der Waals surface area contributed by atoms with Crippen LogP contribution in [0.3, 0.4) is 0 Å². The fourth-order valence-corrected chi connectivity index (χ4v) is 3.37. The molecule has 0 saturated carbocycles. The molecular formula is C19H14BrFN2OS. The van der Waals surface area contributed by atoms with Crippen molar-refractivity contribution in [3.63, 3.8) is 0 Å². The molecule has 0 aliphatic carbocycles. The lowest BCUT2D eigenvalue weighted by molar-refractivity contribution is -0.113. The first-order chi connectivity index (χ1) is 12.0. The Morgan fingerprint density at radius 3 is 2.52 bits per heavy atom. The molecule has 0 spiro atoms. The molecule has 0 bridgehead atoms. The van der Waals surface area contributed by atoms with Crippen LogP contribution < -0.4 is 4.90 Å². The molecule has 0 radical (unpaired) electrons. The minimum absolute atomic E-state index is 0.238. The third-order valence-corrected chi connectivity index (χ3v) is 5.05. The van der Waals surface area contributed by atoms with E-state index in [-0.39, 0.29) is 11.7 Å². The van der Waals surface area contributed by atoms with Crippen molar-refractivity contribution in [3.8, 4) is 0 Å². The summed E-state index contributed by atoms with van der Waals surface area (Å²) in [5, 5.41) is 0.541. The molecule has 0 fully saturated rings. The Bertz CT molecular complexity index is 863. The van der Waals surface area contributed by atoms with Gasteiger partial charge < -0.3 is 0 Å². The van der Waals surface area contributed by atoms with E-state index in [2.05, 4.69) is 27.5 Å². The number of hydrogen-bond acceptors (Lipinski definition) is 3. The first kappa shape index (κ1) is 17.6. The second kappa shape index (κ2) is 7.80. The van der Waals surface area contributed by atoms with Crippen molar-refractivity contribution in [2.24, 2.45) is 4.99 Å². The number of amides is 1. The van der Waals surface area contributed by atoms with Crippen molar-refractivity contribution in [2.45, 2.75) is 0 Å². The predicted molar refractivity (Wildman–Crippen MR) is 106 cm³/mol. The lowest BCUT2D eigenvalue weighted by atomic mass is 10.2. The fraction of sp³-hybridized carbons (Fsp3) is 0.0526. The van der Waals surface area contributed by atoms with Crippen LogP contribution in [0.1, 0.15) is 5.56 Å². The topological polar surface area (TPSA) is 32.7 Å². The molecule has 126 valence electrons. The first-order valence-corrected chi connectivity index (χ1v) is 9.24.